The molecule has 110 valence electrons. The number of nitro benzene ring substituents is 1. The van der Waals surface area contributed by atoms with E-state index in [1.807, 2.05) is 14.0 Å². The van der Waals surface area contributed by atoms with E-state index in [1.54, 1.807) is 16.9 Å². The van der Waals surface area contributed by atoms with E-state index in [0.717, 1.165) is 11.3 Å². The van der Waals surface area contributed by atoms with Crippen molar-refractivity contribution in [1.82, 2.24) is 9.78 Å². The van der Waals surface area contributed by atoms with Gasteiger partial charge >= 0.3 is 0 Å². The highest BCUT2D eigenvalue weighted by atomic mass is 16.7. The molecule has 0 atom stereocenters. The van der Waals surface area contributed by atoms with Crippen LogP contribution in [0.4, 0.5) is 11.4 Å². The number of nitrogens with one attached hydrogen (secondary N) is 1. The maximum Gasteiger partial charge on any atom is 0.296 e. The van der Waals surface area contributed by atoms with Gasteiger partial charge in [-0.3, -0.25) is 14.8 Å². The molecule has 2 heterocycles. The van der Waals surface area contributed by atoms with E-state index in [-0.39, 0.29) is 12.5 Å². The van der Waals surface area contributed by atoms with E-state index >= 15 is 0 Å². The molecule has 21 heavy (non-hydrogen) atoms. The third-order valence-electron chi connectivity index (χ3n) is 3.49. The van der Waals surface area contributed by atoms with E-state index in [1.165, 1.54) is 6.07 Å². The first-order valence-corrected chi connectivity index (χ1v) is 6.35. The van der Waals surface area contributed by atoms with Crippen LogP contribution in [0.1, 0.15) is 11.3 Å². The zero-order valence-electron chi connectivity index (χ0n) is 11.6. The fourth-order valence-corrected chi connectivity index (χ4v) is 2.13. The van der Waals surface area contributed by atoms with Gasteiger partial charge in [-0.05, 0) is 6.92 Å². The Morgan fingerprint density at radius 3 is 2.76 bits per heavy atom. The number of aromatic nitrogens is 2. The quantitative estimate of drug-likeness (QED) is 0.683. The number of rotatable bonds is 4. The van der Waals surface area contributed by atoms with Crippen molar-refractivity contribution in [2.75, 3.05) is 12.1 Å². The molecule has 0 fully saturated rings. The molecule has 0 saturated heterocycles. The van der Waals surface area contributed by atoms with Gasteiger partial charge in [-0.2, -0.15) is 5.10 Å². The van der Waals surface area contributed by atoms with E-state index in [9.17, 15) is 10.1 Å². The lowest BCUT2D eigenvalue weighted by atomic mass is 10.2. The summed E-state index contributed by atoms with van der Waals surface area (Å²) < 4.78 is 12.2. The molecule has 1 aliphatic rings. The van der Waals surface area contributed by atoms with Crippen LogP contribution in [-0.4, -0.2) is 21.5 Å². The lowest BCUT2D eigenvalue weighted by Crippen LogP contribution is -2.04. The van der Waals surface area contributed by atoms with Crippen LogP contribution in [0, 0.1) is 17.0 Å². The first kappa shape index (κ1) is 13.2. The number of hydrogen-bond donors (Lipinski definition) is 1. The molecule has 0 radical (unpaired) electrons. The Kier molecular flexibility index (Phi) is 3.13. The summed E-state index contributed by atoms with van der Waals surface area (Å²) in [6, 6.07) is 2.97. The molecule has 0 amide bonds. The topological polar surface area (TPSA) is 91.5 Å². The van der Waals surface area contributed by atoms with Crippen molar-refractivity contribution in [2.45, 2.75) is 13.5 Å². The van der Waals surface area contributed by atoms with Crippen molar-refractivity contribution >= 4 is 11.4 Å². The monoisotopic (exact) mass is 290 g/mol. The molecule has 0 spiro atoms. The molecule has 3 rings (SSSR count). The maximum atomic E-state index is 11.2. The minimum Gasteiger partial charge on any atom is -0.454 e. The second-order valence-corrected chi connectivity index (χ2v) is 4.71. The summed E-state index contributed by atoms with van der Waals surface area (Å²) in [6.45, 7) is 2.47. The molecule has 1 N–H and O–H groups in total. The molecule has 1 aromatic heterocycles. The summed E-state index contributed by atoms with van der Waals surface area (Å²) in [6.07, 6.45) is 1.74. The van der Waals surface area contributed by atoms with Gasteiger partial charge in [0.05, 0.1) is 17.2 Å². The smallest absolute Gasteiger partial charge is 0.296 e. The highest BCUT2D eigenvalue weighted by Gasteiger charge is 2.23. The molecule has 1 aromatic carbocycles. The molecule has 0 aliphatic carbocycles. The lowest BCUT2D eigenvalue weighted by molar-refractivity contribution is -0.384. The summed E-state index contributed by atoms with van der Waals surface area (Å²) in [5, 5.41) is 18.4. The van der Waals surface area contributed by atoms with E-state index < -0.39 is 4.92 Å². The average Bonchev–Trinajstić information content (AvgIpc) is 3.03. The molecule has 2 aromatic rings. The van der Waals surface area contributed by atoms with Gasteiger partial charge in [0.15, 0.2) is 11.5 Å². The summed E-state index contributed by atoms with van der Waals surface area (Å²) in [5.41, 5.74) is 2.34. The van der Waals surface area contributed by atoms with Crippen LogP contribution in [0.3, 0.4) is 0 Å². The second kappa shape index (κ2) is 4.97. The maximum absolute atomic E-state index is 11.2. The highest BCUT2D eigenvalue weighted by molar-refractivity contribution is 5.69. The van der Waals surface area contributed by atoms with Gasteiger partial charge in [0.25, 0.3) is 5.69 Å². The van der Waals surface area contributed by atoms with Gasteiger partial charge in [0.1, 0.15) is 5.69 Å². The summed E-state index contributed by atoms with van der Waals surface area (Å²) in [4.78, 5) is 10.7. The van der Waals surface area contributed by atoms with Crippen LogP contribution in [0.15, 0.2) is 18.3 Å². The zero-order valence-corrected chi connectivity index (χ0v) is 11.6. The third-order valence-corrected chi connectivity index (χ3v) is 3.49. The van der Waals surface area contributed by atoms with Gasteiger partial charge in [-0.25, -0.2) is 0 Å². The SMILES string of the molecule is Cc1c(CNc2cc3c(cc2[N+](=O)[O-])OCO3)cnn1C. The fourth-order valence-electron chi connectivity index (χ4n) is 2.13. The van der Waals surface area contributed by atoms with Gasteiger partial charge in [-0.15, -0.1) is 0 Å². The zero-order chi connectivity index (χ0) is 15.0. The molecule has 0 saturated carbocycles. The number of benzene rings is 1. The number of nitrogens with zero attached hydrogens (tertiary/aromatic N) is 3. The molecule has 1 aliphatic heterocycles. The molecule has 8 heteroatoms. The number of nitro groups is 1. The highest BCUT2D eigenvalue weighted by Crippen LogP contribution is 2.40. The Balaban J connectivity index is 1.87. The van der Waals surface area contributed by atoms with Crippen molar-refractivity contribution in [2.24, 2.45) is 7.05 Å². The van der Waals surface area contributed by atoms with E-state index in [0.29, 0.717) is 23.7 Å². The van der Waals surface area contributed by atoms with Crippen molar-refractivity contribution in [1.29, 1.82) is 0 Å². The summed E-state index contributed by atoms with van der Waals surface area (Å²) in [5.74, 6) is 0.899. The number of fused-ring (bicyclic) bond motifs is 1. The predicted octanol–water partition coefficient (Wildman–Crippen LogP) is 1.98. The van der Waals surface area contributed by atoms with Gasteiger partial charge in [0.2, 0.25) is 6.79 Å². The van der Waals surface area contributed by atoms with Crippen LogP contribution in [0.25, 0.3) is 0 Å². The van der Waals surface area contributed by atoms with Gasteiger partial charge in [0, 0.05) is 30.9 Å². The second-order valence-electron chi connectivity index (χ2n) is 4.71. The first-order chi connectivity index (χ1) is 10.1. The minimum absolute atomic E-state index is 0.0409. The number of anilines is 1. The molecule has 0 bridgehead atoms. The Morgan fingerprint density at radius 1 is 1.43 bits per heavy atom. The Hall–Kier alpha value is -2.77. The predicted molar refractivity (Wildman–Crippen MR) is 74.5 cm³/mol. The normalized spacial score (nSPS) is 12.5. The van der Waals surface area contributed by atoms with Crippen molar-refractivity contribution in [3.63, 3.8) is 0 Å². The van der Waals surface area contributed by atoms with Crippen molar-refractivity contribution in [3.8, 4) is 11.5 Å². The number of aryl methyl sites for hydroxylation is 1. The fraction of sp³-hybridized carbons (Fsp3) is 0.308. The summed E-state index contributed by atoms with van der Waals surface area (Å²) in [7, 11) is 1.85. The Bertz CT molecular complexity index is 710. The van der Waals surface area contributed by atoms with Crippen molar-refractivity contribution in [3.05, 3.63) is 39.7 Å². The largest absolute Gasteiger partial charge is 0.454 e. The van der Waals surface area contributed by atoms with E-state index in [2.05, 4.69) is 10.4 Å². The number of ether oxygens (including phenoxy) is 2. The average molecular weight is 290 g/mol. The number of hydrogen-bond acceptors (Lipinski definition) is 6. The molecular formula is C13H14N4O4. The van der Waals surface area contributed by atoms with Crippen molar-refractivity contribution < 1.29 is 14.4 Å². The standard InChI is InChI=1S/C13H14N4O4/c1-8-9(6-15-16(8)2)5-14-10-3-12-13(21-7-20-12)4-11(10)17(18)19/h3-4,6,14H,5,7H2,1-2H3. The molecular weight excluding hydrogens is 276 g/mol. The molecule has 0 unspecified atom stereocenters. The van der Waals surface area contributed by atoms with E-state index in [4.69, 9.17) is 9.47 Å². The Morgan fingerprint density at radius 2 is 2.14 bits per heavy atom. The lowest BCUT2D eigenvalue weighted by Gasteiger charge is -2.08. The molecule has 8 nitrogen and oxygen atoms in total. The minimum atomic E-state index is -0.444. The van der Waals surface area contributed by atoms with Crippen LogP contribution in [-0.2, 0) is 13.6 Å². The van der Waals surface area contributed by atoms with Crippen LogP contribution >= 0.6 is 0 Å². The van der Waals surface area contributed by atoms with Gasteiger partial charge < -0.3 is 14.8 Å². The van der Waals surface area contributed by atoms with Gasteiger partial charge in [-0.1, -0.05) is 0 Å². The first-order valence-electron chi connectivity index (χ1n) is 6.35. The van der Waals surface area contributed by atoms with Crippen LogP contribution in [0.5, 0.6) is 11.5 Å². The van der Waals surface area contributed by atoms with Crippen LogP contribution < -0.4 is 14.8 Å². The van der Waals surface area contributed by atoms with Crippen LogP contribution in [0.2, 0.25) is 0 Å². The Labute approximate surface area is 120 Å². The third kappa shape index (κ3) is 2.35. The summed E-state index contributed by atoms with van der Waals surface area (Å²) >= 11 is 0.